The summed E-state index contributed by atoms with van der Waals surface area (Å²) in [5, 5.41) is 6.15. The van der Waals surface area contributed by atoms with E-state index in [1.807, 2.05) is 0 Å². The summed E-state index contributed by atoms with van der Waals surface area (Å²) in [6.07, 6.45) is 7.43. The average molecular weight is 265 g/mol. The van der Waals surface area contributed by atoms with E-state index in [2.05, 4.69) is 10.6 Å². The molecule has 0 unspecified atom stereocenters. The second-order valence-electron chi connectivity index (χ2n) is 4.43. The molecule has 1 saturated carbocycles. The van der Waals surface area contributed by atoms with E-state index in [1.54, 1.807) is 7.11 Å². The molecule has 0 aromatic heterocycles. The van der Waals surface area contributed by atoms with Crippen LogP contribution in [-0.4, -0.2) is 38.8 Å². The number of halogens is 1. The van der Waals surface area contributed by atoms with Gasteiger partial charge in [-0.15, -0.1) is 12.4 Å². The minimum Gasteiger partial charge on any atom is -0.383 e. The highest BCUT2D eigenvalue weighted by molar-refractivity contribution is 5.85. The number of ether oxygens (including phenoxy) is 1. The molecular formula is C12H25ClN2O2. The highest BCUT2D eigenvalue weighted by Crippen LogP contribution is 2.16. The monoisotopic (exact) mass is 264 g/mol. The first-order valence-corrected chi connectivity index (χ1v) is 6.32. The van der Waals surface area contributed by atoms with Crippen LogP contribution in [0.3, 0.4) is 0 Å². The second kappa shape index (κ2) is 10.8. The third kappa shape index (κ3) is 8.41. The molecule has 0 saturated heterocycles. The Morgan fingerprint density at radius 3 is 2.47 bits per heavy atom. The van der Waals surface area contributed by atoms with Gasteiger partial charge in [-0.1, -0.05) is 25.7 Å². The average Bonchev–Trinajstić information content (AvgIpc) is 2.53. The summed E-state index contributed by atoms with van der Waals surface area (Å²) >= 11 is 0. The maximum absolute atomic E-state index is 11.6. The molecule has 0 spiro atoms. The summed E-state index contributed by atoms with van der Waals surface area (Å²) in [6.45, 7) is 1.78. The van der Waals surface area contributed by atoms with Crippen LogP contribution in [0, 0.1) is 0 Å². The zero-order valence-corrected chi connectivity index (χ0v) is 11.5. The molecule has 0 aromatic carbocycles. The Labute approximate surface area is 110 Å². The highest BCUT2D eigenvalue weighted by Gasteiger charge is 2.13. The SMILES string of the molecule is COCCNCC(=O)NC1CCCCCC1.Cl. The topological polar surface area (TPSA) is 50.4 Å². The minimum absolute atomic E-state index is 0. The first-order chi connectivity index (χ1) is 7.83. The fourth-order valence-corrected chi connectivity index (χ4v) is 2.08. The molecule has 0 bridgehead atoms. The van der Waals surface area contributed by atoms with E-state index in [-0.39, 0.29) is 18.3 Å². The van der Waals surface area contributed by atoms with Crippen molar-refractivity contribution in [1.29, 1.82) is 0 Å². The van der Waals surface area contributed by atoms with Crippen LogP contribution < -0.4 is 10.6 Å². The predicted octanol–water partition coefficient (Wildman–Crippen LogP) is 1.48. The van der Waals surface area contributed by atoms with Crippen molar-refractivity contribution in [1.82, 2.24) is 10.6 Å². The van der Waals surface area contributed by atoms with Crippen LogP contribution >= 0.6 is 12.4 Å². The van der Waals surface area contributed by atoms with Crippen molar-refractivity contribution in [3.05, 3.63) is 0 Å². The number of hydrogen-bond acceptors (Lipinski definition) is 3. The first kappa shape index (κ1) is 16.7. The van der Waals surface area contributed by atoms with Crippen LogP contribution in [0.1, 0.15) is 38.5 Å². The molecule has 0 heterocycles. The fourth-order valence-electron chi connectivity index (χ4n) is 2.08. The number of hydrogen-bond donors (Lipinski definition) is 2. The fraction of sp³-hybridized carbons (Fsp3) is 0.917. The van der Waals surface area contributed by atoms with E-state index in [0.29, 0.717) is 19.2 Å². The van der Waals surface area contributed by atoms with E-state index in [0.717, 1.165) is 19.4 Å². The van der Waals surface area contributed by atoms with E-state index < -0.39 is 0 Å². The molecule has 102 valence electrons. The largest absolute Gasteiger partial charge is 0.383 e. The number of amides is 1. The van der Waals surface area contributed by atoms with Crippen LogP contribution in [0.25, 0.3) is 0 Å². The van der Waals surface area contributed by atoms with Crippen LogP contribution in [0.5, 0.6) is 0 Å². The smallest absolute Gasteiger partial charge is 0.234 e. The van der Waals surface area contributed by atoms with Gasteiger partial charge in [0, 0.05) is 19.7 Å². The molecular weight excluding hydrogens is 240 g/mol. The minimum atomic E-state index is 0. The molecule has 0 aromatic rings. The molecule has 4 nitrogen and oxygen atoms in total. The summed E-state index contributed by atoms with van der Waals surface area (Å²) in [5.41, 5.74) is 0. The Bertz CT molecular complexity index is 195. The third-order valence-electron chi connectivity index (χ3n) is 2.99. The lowest BCUT2D eigenvalue weighted by Gasteiger charge is -2.16. The van der Waals surface area contributed by atoms with Gasteiger partial charge in [0.05, 0.1) is 13.2 Å². The van der Waals surface area contributed by atoms with Crippen molar-refractivity contribution in [2.75, 3.05) is 26.8 Å². The van der Waals surface area contributed by atoms with Gasteiger partial charge in [-0.3, -0.25) is 4.79 Å². The molecule has 17 heavy (non-hydrogen) atoms. The highest BCUT2D eigenvalue weighted by atomic mass is 35.5. The number of carbonyl (C=O) groups is 1. The summed E-state index contributed by atoms with van der Waals surface area (Å²) < 4.78 is 4.90. The Balaban J connectivity index is 0.00000256. The molecule has 1 rings (SSSR count). The van der Waals surface area contributed by atoms with Crippen molar-refractivity contribution in [2.45, 2.75) is 44.6 Å². The normalized spacial score (nSPS) is 17.0. The Morgan fingerprint density at radius 1 is 1.24 bits per heavy atom. The van der Waals surface area contributed by atoms with E-state index in [1.165, 1.54) is 25.7 Å². The van der Waals surface area contributed by atoms with Gasteiger partial charge in [0.25, 0.3) is 0 Å². The zero-order valence-electron chi connectivity index (χ0n) is 10.7. The number of methoxy groups -OCH3 is 1. The van der Waals surface area contributed by atoms with Crippen LogP contribution in [-0.2, 0) is 9.53 Å². The molecule has 0 aliphatic heterocycles. The summed E-state index contributed by atoms with van der Waals surface area (Å²) in [5.74, 6) is 0.114. The molecule has 0 atom stereocenters. The summed E-state index contributed by atoms with van der Waals surface area (Å²) in [7, 11) is 1.66. The van der Waals surface area contributed by atoms with Gasteiger partial charge in [0.2, 0.25) is 5.91 Å². The zero-order chi connectivity index (χ0) is 11.6. The van der Waals surface area contributed by atoms with Gasteiger partial charge in [-0.2, -0.15) is 0 Å². The van der Waals surface area contributed by atoms with Crippen molar-refractivity contribution in [3.8, 4) is 0 Å². The molecule has 1 fully saturated rings. The first-order valence-electron chi connectivity index (χ1n) is 6.32. The van der Waals surface area contributed by atoms with Gasteiger partial charge >= 0.3 is 0 Å². The molecule has 0 radical (unpaired) electrons. The maximum atomic E-state index is 11.6. The third-order valence-corrected chi connectivity index (χ3v) is 2.99. The molecule has 1 aliphatic carbocycles. The van der Waals surface area contributed by atoms with E-state index >= 15 is 0 Å². The van der Waals surface area contributed by atoms with E-state index in [9.17, 15) is 4.79 Å². The van der Waals surface area contributed by atoms with E-state index in [4.69, 9.17) is 4.74 Å². The Hall–Kier alpha value is -0.320. The van der Waals surface area contributed by atoms with Crippen molar-refractivity contribution >= 4 is 18.3 Å². The van der Waals surface area contributed by atoms with Gasteiger partial charge in [0.15, 0.2) is 0 Å². The molecule has 5 heteroatoms. The second-order valence-corrected chi connectivity index (χ2v) is 4.43. The standard InChI is InChI=1S/C12H24N2O2.ClH/c1-16-9-8-13-10-12(15)14-11-6-4-2-3-5-7-11;/h11,13H,2-10H2,1H3,(H,14,15);1H. The number of carbonyl (C=O) groups excluding carboxylic acids is 1. The lowest BCUT2D eigenvalue weighted by molar-refractivity contribution is -0.121. The van der Waals surface area contributed by atoms with Crippen LogP contribution in [0.15, 0.2) is 0 Å². The van der Waals surface area contributed by atoms with Gasteiger partial charge in [-0.05, 0) is 12.8 Å². The molecule has 1 amide bonds. The molecule has 2 N–H and O–H groups in total. The number of rotatable bonds is 6. The van der Waals surface area contributed by atoms with Crippen LogP contribution in [0.2, 0.25) is 0 Å². The van der Waals surface area contributed by atoms with Crippen molar-refractivity contribution in [3.63, 3.8) is 0 Å². The van der Waals surface area contributed by atoms with Crippen molar-refractivity contribution < 1.29 is 9.53 Å². The Kier molecular flexibility index (Phi) is 10.6. The Morgan fingerprint density at radius 2 is 1.88 bits per heavy atom. The lowest BCUT2D eigenvalue weighted by Crippen LogP contribution is -2.40. The van der Waals surface area contributed by atoms with Gasteiger partial charge in [-0.25, -0.2) is 0 Å². The number of nitrogens with one attached hydrogen (secondary N) is 2. The lowest BCUT2D eigenvalue weighted by atomic mass is 10.1. The van der Waals surface area contributed by atoms with Crippen molar-refractivity contribution in [2.24, 2.45) is 0 Å². The quantitative estimate of drug-likeness (QED) is 0.564. The maximum Gasteiger partial charge on any atom is 0.234 e. The summed E-state index contributed by atoms with van der Waals surface area (Å²) in [4.78, 5) is 11.6. The van der Waals surface area contributed by atoms with Crippen LogP contribution in [0.4, 0.5) is 0 Å². The molecule has 1 aliphatic rings. The van der Waals surface area contributed by atoms with Gasteiger partial charge in [0.1, 0.15) is 0 Å². The predicted molar refractivity (Wildman–Crippen MR) is 71.6 cm³/mol. The van der Waals surface area contributed by atoms with Gasteiger partial charge < -0.3 is 15.4 Å². The summed E-state index contributed by atoms with van der Waals surface area (Å²) in [6, 6.07) is 0.402.